The van der Waals surface area contributed by atoms with Gasteiger partial charge in [0, 0.05) is 10.9 Å². The van der Waals surface area contributed by atoms with Crippen molar-refractivity contribution in [1.29, 1.82) is 0 Å². The molecule has 0 bridgehead atoms. The molecule has 1 unspecified atom stereocenters. The van der Waals surface area contributed by atoms with E-state index in [2.05, 4.69) is 15.9 Å². The summed E-state index contributed by atoms with van der Waals surface area (Å²) in [6, 6.07) is 3.03. The first-order valence-corrected chi connectivity index (χ1v) is 7.29. The number of carbonyl (C=O) groups is 1. The van der Waals surface area contributed by atoms with Gasteiger partial charge in [0.25, 0.3) is 0 Å². The first-order valence-electron chi connectivity index (χ1n) is 6.50. The summed E-state index contributed by atoms with van der Waals surface area (Å²) in [6.45, 7) is 1.96. The zero-order valence-corrected chi connectivity index (χ0v) is 13.0. The predicted octanol–water partition coefficient (Wildman–Crippen LogP) is 4.30. The molecule has 3 nitrogen and oxygen atoms in total. The maximum atomic E-state index is 14.0. The van der Waals surface area contributed by atoms with E-state index in [0.717, 1.165) is 12.8 Å². The van der Waals surface area contributed by atoms with Crippen LogP contribution in [0.2, 0.25) is 0 Å². The molecule has 1 aliphatic heterocycles. The third-order valence-electron chi connectivity index (χ3n) is 3.38. The zero-order valence-electron chi connectivity index (χ0n) is 11.4. The highest BCUT2D eigenvalue weighted by Gasteiger charge is 2.25. The minimum atomic E-state index is -0.419. The van der Waals surface area contributed by atoms with E-state index in [-0.39, 0.29) is 11.9 Å². The molecule has 0 spiro atoms. The number of benzene rings is 1. The van der Waals surface area contributed by atoms with Gasteiger partial charge in [-0.2, -0.15) is 0 Å². The van der Waals surface area contributed by atoms with E-state index >= 15 is 0 Å². The SMILES string of the molecule is CCC1CC/C(=C/c2c(F)cc(Br)cc2OC)OC1=O. The van der Waals surface area contributed by atoms with Gasteiger partial charge in [-0.25, -0.2) is 4.39 Å². The smallest absolute Gasteiger partial charge is 0.314 e. The molecule has 108 valence electrons. The van der Waals surface area contributed by atoms with Gasteiger partial charge in [0.05, 0.1) is 18.6 Å². The number of carbonyl (C=O) groups excluding carboxylic acids is 1. The van der Waals surface area contributed by atoms with Crippen molar-refractivity contribution in [2.75, 3.05) is 7.11 Å². The fraction of sp³-hybridized carbons (Fsp3) is 0.400. The Balaban J connectivity index is 2.30. The average molecular weight is 343 g/mol. The number of cyclic esters (lactones) is 1. The van der Waals surface area contributed by atoms with E-state index in [1.54, 1.807) is 12.1 Å². The summed E-state index contributed by atoms with van der Waals surface area (Å²) in [5.41, 5.74) is 0.299. The van der Waals surface area contributed by atoms with E-state index in [9.17, 15) is 9.18 Å². The first-order chi connectivity index (χ1) is 9.55. The van der Waals surface area contributed by atoms with Crippen LogP contribution in [-0.2, 0) is 9.53 Å². The average Bonchev–Trinajstić information content (AvgIpc) is 2.41. The molecule has 0 radical (unpaired) electrons. The Labute approximate surface area is 125 Å². The van der Waals surface area contributed by atoms with Gasteiger partial charge in [0.1, 0.15) is 17.3 Å². The molecular weight excluding hydrogens is 327 g/mol. The van der Waals surface area contributed by atoms with Crippen molar-refractivity contribution in [3.05, 3.63) is 33.7 Å². The molecule has 1 atom stereocenters. The zero-order chi connectivity index (χ0) is 14.7. The fourth-order valence-electron chi connectivity index (χ4n) is 2.20. The van der Waals surface area contributed by atoms with E-state index in [0.29, 0.717) is 28.0 Å². The number of rotatable bonds is 3. The van der Waals surface area contributed by atoms with Crippen LogP contribution in [0.3, 0.4) is 0 Å². The Morgan fingerprint density at radius 2 is 2.30 bits per heavy atom. The highest BCUT2D eigenvalue weighted by Crippen LogP contribution is 2.32. The summed E-state index contributed by atoms with van der Waals surface area (Å²) in [4.78, 5) is 11.7. The van der Waals surface area contributed by atoms with Crippen LogP contribution in [0, 0.1) is 11.7 Å². The molecule has 0 aliphatic carbocycles. The summed E-state index contributed by atoms with van der Waals surface area (Å²) >= 11 is 3.21. The molecule has 2 rings (SSSR count). The summed E-state index contributed by atoms with van der Waals surface area (Å²) < 4.78 is 25.0. The molecule has 0 N–H and O–H groups in total. The molecule has 1 aliphatic rings. The lowest BCUT2D eigenvalue weighted by Crippen LogP contribution is -2.22. The van der Waals surface area contributed by atoms with Crippen LogP contribution in [0.15, 0.2) is 22.4 Å². The highest BCUT2D eigenvalue weighted by atomic mass is 79.9. The van der Waals surface area contributed by atoms with Gasteiger partial charge in [-0.15, -0.1) is 0 Å². The van der Waals surface area contributed by atoms with Gasteiger partial charge >= 0.3 is 5.97 Å². The third kappa shape index (κ3) is 3.20. The van der Waals surface area contributed by atoms with E-state index in [1.165, 1.54) is 13.2 Å². The van der Waals surface area contributed by atoms with Crippen LogP contribution in [0.25, 0.3) is 6.08 Å². The topological polar surface area (TPSA) is 35.5 Å². The minimum Gasteiger partial charge on any atom is -0.496 e. The van der Waals surface area contributed by atoms with Crippen LogP contribution in [0.4, 0.5) is 4.39 Å². The van der Waals surface area contributed by atoms with Gasteiger partial charge in [-0.1, -0.05) is 22.9 Å². The monoisotopic (exact) mass is 342 g/mol. The number of allylic oxidation sites excluding steroid dienone is 1. The van der Waals surface area contributed by atoms with E-state index < -0.39 is 5.82 Å². The fourth-order valence-corrected chi connectivity index (χ4v) is 2.61. The number of hydrogen-bond acceptors (Lipinski definition) is 3. The van der Waals surface area contributed by atoms with Gasteiger partial charge < -0.3 is 9.47 Å². The molecule has 0 saturated carbocycles. The van der Waals surface area contributed by atoms with Crippen molar-refractivity contribution < 1.29 is 18.7 Å². The lowest BCUT2D eigenvalue weighted by molar-refractivity contribution is -0.147. The van der Waals surface area contributed by atoms with Crippen molar-refractivity contribution in [2.45, 2.75) is 26.2 Å². The Morgan fingerprint density at radius 3 is 2.90 bits per heavy atom. The summed E-state index contributed by atoms with van der Waals surface area (Å²) in [7, 11) is 1.48. The minimum absolute atomic E-state index is 0.0520. The maximum absolute atomic E-state index is 14.0. The molecule has 1 fully saturated rings. The number of methoxy groups -OCH3 is 1. The van der Waals surface area contributed by atoms with Gasteiger partial charge in [-0.05, 0) is 31.1 Å². The van der Waals surface area contributed by atoms with Crippen LogP contribution in [0.5, 0.6) is 5.75 Å². The van der Waals surface area contributed by atoms with Crippen molar-refractivity contribution in [3.63, 3.8) is 0 Å². The van der Waals surface area contributed by atoms with Gasteiger partial charge in [-0.3, -0.25) is 4.79 Å². The maximum Gasteiger partial charge on any atom is 0.314 e. The molecule has 5 heteroatoms. The second-order valence-corrected chi connectivity index (χ2v) is 5.59. The van der Waals surface area contributed by atoms with Gasteiger partial charge in [0.15, 0.2) is 0 Å². The molecule has 1 aromatic carbocycles. The molecule has 1 saturated heterocycles. The van der Waals surface area contributed by atoms with E-state index in [4.69, 9.17) is 9.47 Å². The molecule has 1 aromatic rings. The van der Waals surface area contributed by atoms with Crippen LogP contribution < -0.4 is 4.74 Å². The van der Waals surface area contributed by atoms with Crippen molar-refractivity contribution >= 4 is 28.0 Å². The molecule has 0 aromatic heterocycles. The summed E-state index contributed by atoms with van der Waals surface area (Å²) in [5.74, 6) is 0.181. The summed E-state index contributed by atoms with van der Waals surface area (Å²) in [6.07, 6.45) is 3.68. The van der Waals surface area contributed by atoms with Crippen LogP contribution >= 0.6 is 15.9 Å². The van der Waals surface area contributed by atoms with Crippen molar-refractivity contribution in [1.82, 2.24) is 0 Å². The van der Waals surface area contributed by atoms with Crippen molar-refractivity contribution in [3.8, 4) is 5.75 Å². The Hall–Kier alpha value is -1.36. The molecular formula is C15H16BrFO3. The second-order valence-electron chi connectivity index (χ2n) is 4.68. The van der Waals surface area contributed by atoms with Crippen LogP contribution in [-0.4, -0.2) is 13.1 Å². The van der Waals surface area contributed by atoms with Gasteiger partial charge in [0.2, 0.25) is 0 Å². The quantitative estimate of drug-likeness (QED) is 0.768. The summed E-state index contributed by atoms with van der Waals surface area (Å²) in [5, 5.41) is 0. The number of esters is 1. The lowest BCUT2D eigenvalue weighted by Gasteiger charge is -2.21. The van der Waals surface area contributed by atoms with Crippen LogP contribution in [0.1, 0.15) is 31.7 Å². The van der Waals surface area contributed by atoms with E-state index in [1.807, 2.05) is 6.92 Å². The first kappa shape index (κ1) is 15.0. The normalized spacial score (nSPS) is 20.9. The largest absolute Gasteiger partial charge is 0.496 e. The molecule has 0 amide bonds. The standard InChI is InChI=1S/C15H16BrFO3/c1-3-9-4-5-11(20-15(9)18)8-12-13(17)6-10(16)7-14(12)19-2/h6-9H,3-5H2,1-2H3/b11-8-. The number of hydrogen-bond donors (Lipinski definition) is 0. The Morgan fingerprint density at radius 1 is 1.55 bits per heavy atom. The molecule has 1 heterocycles. The van der Waals surface area contributed by atoms with Crippen molar-refractivity contribution in [2.24, 2.45) is 5.92 Å². The highest BCUT2D eigenvalue weighted by molar-refractivity contribution is 9.10. The lowest BCUT2D eigenvalue weighted by atomic mass is 9.96. The Kier molecular flexibility index (Phi) is 4.81. The molecule has 20 heavy (non-hydrogen) atoms. The Bertz CT molecular complexity index is 554. The number of ether oxygens (including phenoxy) is 2. The second kappa shape index (κ2) is 6.39. The predicted molar refractivity (Wildman–Crippen MR) is 77.7 cm³/mol. The number of halogens is 2. The third-order valence-corrected chi connectivity index (χ3v) is 3.84.